The van der Waals surface area contributed by atoms with Gasteiger partial charge in [-0.2, -0.15) is 0 Å². The molecule has 0 N–H and O–H groups in total. The van der Waals surface area contributed by atoms with Crippen LogP contribution in [0.3, 0.4) is 0 Å². The highest BCUT2D eigenvalue weighted by molar-refractivity contribution is 7.15. The molecule has 0 aliphatic rings. The van der Waals surface area contributed by atoms with Crippen molar-refractivity contribution in [2.45, 2.75) is 6.61 Å². The summed E-state index contributed by atoms with van der Waals surface area (Å²) in [6, 6.07) is 6.81. The summed E-state index contributed by atoms with van der Waals surface area (Å²) in [7, 11) is 1.34. The Labute approximate surface area is 113 Å². The van der Waals surface area contributed by atoms with Crippen LogP contribution in [-0.4, -0.2) is 18.1 Å². The van der Waals surface area contributed by atoms with Gasteiger partial charge in [0.15, 0.2) is 4.47 Å². The Kier molecular flexibility index (Phi) is 4.17. The third-order valence-electron chi connectivity index (χ3n) is 2.16. The molecule has 6 heteroatoms. The molecule has 1 heterocycles. The van der Waals surface area contributed by atoms with E-state index in [4.69, 9.17) is 16.3 Å². The molecule has 0 unspecified atom stereocenters. The third-order valence-corrected chi connectivity index (χ3v) is 3.25. The van der Waals surface area contributed by atoms with Crippen molar-refractivity contribution in [1.82, 2.24) is 4.98 Å². The van der Waals surface area contributed by atoms with E-state index in [0.29, 0.717) is 22.4 Å². The highest BCUT2D eigenvalue weighted by Gasteiger charge is 2.06. The van der Waals surface area contributed by atoms with Crippen LogP contribution in [0.2, 0.25) is 4.47 Å². The first kappa shape index (κ1) is 12.9. The number of nitrogens with zero attached hydrogens (tertiary/aromatic N) is 1. The minimum Gasteiger partial charge on any atom is -0.488 e. The van der Waals surface area contributed by atoms with Crippen LogP contribution in [0.15, 0.2) is 30.5 Å². The number of benzene rings is 1. The van der Waals surface area contributed by atoms with Crippen LogP contribution >= 0.6 is 22.9 Å². The third kappa shape index (κ3) is 3.21. The van der Waals surface area contributed by atoms with Crippen LogP contribution in [0, 0.1) is 0 Å². The molecule has 0 spiro atoms. The molecule has 2 aromatic rings. The molecule has 0 aliphatic carbocycles. The van der Waals surface area contributed by atoms with Gasteiger partial charge < -0.3 is 9.47 Å². The van der Waals surface area contributed by atoms with Crippen LogP contribution < -0.4 is 4.74 Å². The second-order valence-electron chi connectivity index (χ2n) is 3.39. The van der Waals surface area contributed by atoms with E-state index in [1.54, 1.807) is 30.5 Å². The van der Waals surface area contributed by atoms with E-state index >= 15 is 0 Å². The van der Waals surface area contributed by atoms with Crippen LogP contribution in [0.25, 0.3) is 0 Å². The van der Waals surface area contributed by atoms with Crippen molar-refractivity contribution in [3.05, 3.63) is 45.4 Å². The first-order valence-corrected chi connectivity index (χ1v) is 6.30. The molecule has 4 nitrogen and oxygen atoms in total. The second kappa shape index (κ2) is 5.84. The molecule has 1 aromatic heterocycles. The van der Waals surface area contributed by atoms with Gasteiger partial charge in [-0.05, 0) is 18.2 Å². The summed E-state index contributed by atoms with van der Waals surface area (Å²) in [6.07, 6.45) is 1.66. The summed E-state index contributed by atoms with van der Waals surface area (Å²) in [5.41, 5.74) is 0.456. The van der Waals surface area contributed by atoms with Gasteiger partial charge in [-0.25, -0.2) is 9.78 Å². The van der Waals surface area contributed by atoms with Gasteiger partial charge in [-0.15, -0.1) is 11.3 Å². The maximum absolute atomic E-state index is 11.3. The summed E-state index contributed by atoms with van der Waals surface area (Å²) in [4.78, 5) is 16.2. The van der Waals surface area contributed by atoms with E-state index in [1.165, 1.54) is 18.4 Å². The largest absolute Gasteiger partial charge is 0.488 e. The Balaban J connectivity index is 2.03. The number of hydrogen-bond acceptors (Lipinski definition) is 5. The Morgan fingerprint density at radius 2 is 2.33 bits per heavy atom. The van der Waals surface area contributed by atoms with E-state index < -0.39 is 0 Å². The summed E-state index contributed by atoms with van der Waals surface area (Å²) in [5.74, 6) is 0.212. The van der Waals surface area contributed by atoms with Crippen LogP contribution in [0.1, 0.15) is 15.2 Å². The Bertz CT molecular complexity index is 556. The Hall–Kier alpha value is -1.59. The molecular formula is C12H10ClNO3S. The molecular weight excluding hydrogens is 274 g/mol. The van der Waals surface area contributed by atoms with Crippen molar-refractivity contribution >= 4 is 28.9 Å². The molecule has 0 bridgehead atoms. The average molecular weight is 284 g/mol. The van der Waals surface area contributed by atoms with Crippen LogP contribution in [0.4, 0.5) is 0 Å². The molecule has 2 rings (SSSR count). The lowest BCUT2D eigenvalue weighted by molar-refractivity contribution is 0.0600. The van der Waals surface area contributed by atoms with Crippen molar-refractivity contribution in [3.8, 4) is 5.75 Å². The lowest BCUT2D eigenvalue weighted by Crippen LogP contribution is -2.01. The van der Waals surface area contributed by atoms with Crippen LogP contribution in [0.5, 0.6) is 5.75 Å². The predicted molar refractivity (Wildman–Crippen MR) is 69.2 cm³/mol. The van der Waals surface area contributed by atoms with E-state index in [-0.39, 0.29) is 5.97 Å². The topological polar surface area (TPSA) is 48.4 Å². The maximum Gasteiger partial charge on any atom is 0.337 e. The second-order valence-corrected chi connectivity index (χ2v) is 5.08. The highest BCUT2D eigenvalue weighted by atomic mass is 35.5. The SMILES string of the molecule is COC(=O)c1cccc(OCc2cnc(Cl)s2)c1. The lowest BCUT2D eigenvalue weighted by atomic mass is 10.2. The summed E-state index contributed by atoms with van der Waals surface area (Å²) in [6.45, 7) is 0.370. The monoisotopic (exact) mass is 283 g/mol. The number of carbonyl (C=O) groups is 1. The average Bonchev–Trinajstić information content (AvgIpc) is 2.81. The van der Waals surface area contributed by atoms with Gasteiger partial charge >= 0.3 is 5.97 Å². The number of thiazole rings is 1. The number of esters is 1. The van der Waals surface area contributed by atoms with Gasteiger partial charge in [0.05, 0.1) is 17.6 Å². The predicted octanol–water partition coefficient (Wildman–Crippen LogP) is 3.16. The zero-order chi connectivity index (χ0) is 13.0. The van der Waals surface area contributed by atoms with E-state index in [2.05, 4.69) is 9.72 Å². The fourth-order valence-corrected chi connectivity index (χ4v) is 2.23. The number of aromatic nitrogens is 1. The maximum atomic E-state index is 11.3. The highest BCUT2D eigenvalue weighted by Crippen LogP contribution is 2.20. The number of hydrogen-bond donors (Lipinski definition) is 0. The van der Waals surface area contributed by atoms with Gasteiger partial charge in [-0.3, -0.25) is 0 Å². The summed E-state index contributed by atoms with van der Waals surface area (Å²) in [5, 5.41) is 0. The number of ether oxygens (including phenoxy) is 2. The number of halogens is 1. The first-order valence-electron chi connectivity index (χ1n) is 5.10. The van der Waals surface area contributed by atoms with Crippen molar-refractivity contribution in [2.24, 2.45) is 0 Å². The van der Waals surface area contributed by atoms with Crippen molar-refractivity contribution in [1.29, 1.82) is 0 Å². The first-order chi connectivity index (χ1) is 8.69. The van der Waals surface area contributed by atoms with E-state index in [1.807, 2.05) is 0 Å². The smallest absolute Gasteiger partial charge is 0.337 e. The fourth-order valence-electron chi connectivity index (χ4n) is 1.34. The summed E-state index contributed by atoms with van der Waals surface area (Å²) < 4.78 is 10.7. The molecule has 0 saturated carbocycles. The zero-order valence-corrected chi connectivity index (χ0v) is 11.1. The van der Waals surface area contributed by atoms with Gasteiger partial charge in [0.25, 0.3) is 0 Å². The number of methoxy groups -OCH3 is 1. The van der Waals surface area contributed by atoms with Crippen molar-refractivity contribution < 1.29 is 14.3 Å². The molecule has 0 fully saturated rings. The molecule has 0 atom stereocenters. The van der Waals surface area contributed by atoms with E-state index in [0.717, 1.165) is 4.88 Å². The quantitative estimate of drug-likeness (QED) is 0.809. The van der Waals surface area contributed by atoms with Crippen molar-refractivity contribution in [3.63, 3.8) is 0 Å². The molecule has 18 heavy (non-hydrogen) atoms. The Morgan fingerprint density at radius 3 is 3.00 bits per heavy atom. The fraction of sp³-hybridized carbons (Fsp3) is 0.167. The molecule has 0 amide bonds. The van der Waals surface area contributed by atoms with E-state index in [9.17, 15) is 4.79 Å². The molecule has 0 aliphatic heterocycles. The Morgan fingerprint density at radius 1 is 1.50 bits per heavy atom. The van der Waals surface area contributed by atoms with Gasteiger partial charge in [0.2, 0.25) is 0 Å². The standard InChI is InChI=1S/C12H10ClNO3S/c1-16-11(15)8-3-2-4-9(5-8)17-7-10-6-14-12(13)18-10/h2-6H,7H2,1H3. The van der Waals surface area contributed by atoms with Gasteiger partial charge in [0.1, 0.15) is 12.4 Å². The molecule has 0 saturated heterocycles. The van der Waals surface area contributed by atoms with Gasteiger partial charge in [0, 0.05) is 6.20 Å². The minimum atomic E-state index is -0.388. The summed E-state index contributed by atoms with van der Waals surface area (Å²) >= 11 is 7.08. The number of carbonyl (C=O) groups excluding carboxylic acids is 1. The number of rotatable bonds is 4. The lowest BCUT2D eigenvalue weighted by Gasteiger charge is -2.05. The van der Waals surface area contributed by atoms with Crippen molar-refractivity contribution in [2.75, 3.05) is 7.11 Å². The van der Waals surface area contributed by atoms with Crippen LogP contribution in [-0.2, 0) is 11.3 Å². The molecule has 94 valence electrons. The van der Waals surface area contributed by atoms with Gasteiger partial charge in [-0.1, -0.05) is 17.7 Å². The normalized spacial score (nSPS) is 10.1. The minimum absolute atomic E-state index is 0.370. The molecule has 1 aromatic carbocycles. The zero-order valence-electron chi connectivity index (χ0n) is 9.55. The molecule has 0 radical (unpaired) electrons.